The fourth-order valence-corrected chi connectivity index (χ4v) is 3.94. The molecule has 0 fully saturated rings. The van der Waals surface area contributed by atoms with Crippen molar-refractivity contribution in [1.82, 2.24) is 10.6 Å². The standard InChI is InChI=1S/C31H39Cl3N2O8/c1-30(2,3)44-29(40)36-24(14-15-27(38)42-19-23-12-8-5-9-13-23)16-26(37)35-25(17-28(39)43-21-31(32,33)34)20-41-18-22-10-6-4-7-11-22/h4-13,24-25H,14-21H2,1-3H3,(H,35,37)(H,36,40)/t24-,25+/m0/s1. The lowest BCUT2D eigenvalue weighted by Gasteiger charge is -2.24. The Labute approximate surface area is 273 Å². The molecule has 0 aliphatic carbocycles. The van der Waals surface area contributed by atoms with Gasteiger partial charge in [0.05, 0.1) is 25.7 Å². The average molecular weight is 674 g/mol. The predicted molar refractivity (Wildman–Crippen MR) is 167 cm³/mol. The zero-order valence-electron chi connectivity index (χ0n) is 25.0. The fourth-order valence-electron chi connectivity index (χ4n) is 3.78. The van der Waals surface area contributed by atoms with Gasteiger partial charge in [0.25, 0.3) is 0 Å². The minimum Gasteiger partial charge on any atom is -0.461 e. The number of alkyl carbamates (subject to hydrolysis) is 1. The summed E-state index contributed by atoms with van der Waals surface area (Å²) in [5.74, 6) is -1.71. The summed E-state index contributed by atoms with van der Waals surface area (Å²) in [6.07, 6.45) is -1.19. The lowest BCUT2D eigenvalue weighted by atomic mass is 10.1. The third-order valence-corrected chi connectivity index (χ3v) is 6.03. The first kappa shape index (κ1) is 37.1. The first-order valence-electron chi connectivity index (χ1n) is 14.0. The van der Waals surface area contributed by atoms with Crippen LogP contribution in [0.5, 0.6) is 0 Å². The first-order chi connectivity index (χ1) is 20.7. The topological polar surface area (TPSA) is 129 Å². The first-order valence-corrected chi connectivity index (χ1v) is 15.1. The molecule has 0 aliphatic rings. The second-order valence-electron chi connectivity index (χ2n) is 11.0. The van der Waals surface area contributed by atoms with Crippen molar-refractivity contribution in [3.63, 3.8) is 0 Å². The fraction of sp³-hybridized carbons (Fsp3) is 0.484. The molecule has 0 aliphatic heterocycles. The van der Waals surface area contributed by atoms with E-state index >= 15 is 0 Å². The van der Waals surface area contributed by atoms with E-state index in [4.69, 9.17) is 53.8 Å². The maximum Gasteiger partial charge on any atom is 0.407 e. The van der Waals surface area contributed by atoms with E-state index in [1.165, 1.54) is 0 Å². The molecule has 2 atom stereocenters. The summed E-state index contributed by atoms with van der Waals surface area (Å²) < 4.78 is 19.6. The van der Waals surface area contributed by atoms with E-state index in [1.807, 2.05) is 60.7 Å². The summed E-state index contributed by atoms with van der Waals surface area (Å²) in [5, 5.41) is 5.40. The van der Waals surface area contributed by atoms with Gasteiger partial charge in [0.1, 0.15) is 18.8 Å². The zero-order chi connectivity index (χ0) is 32.6. The van der Waals surface area contributed by atoms with E-state index in [2.05, 4.69) is 10.6 Å². The molecule has 242 valence electrons. The number of ether oxygens (including phenoxy) is 4. The third kappa shape index (κ3) is 17.9. The van der Waals surface area contributed by atoms with E-state index in [0.717, 1.165) is 11.1 Å². The van der Waals surface area contributed by atoms with Gasteiger partial charge in [0, 0.05) is 18.9 Å². The van der Waals surface area contributed by atoms with Crippen LogP contribution in [0.15, 0.2) is 60.7 Å². The molecular weight excluding hydrogens is 635 g/mol. The maximum absolute atomic E-state index is 13.1. The van der Waals surface area contributed by atoms with Gasteiger partial charge in [-0.05, 0) is 38.3 Å². The lowest BCUT2D eigenvalue weighted by molar-refractivity contribution is -0.146. The van der Waals surface area contributed by atoms with E-state index < -0.39 is 52.0 Å². The van der Waals surface area contributed by atoms with Crippen molar-refractivity contribution in [2.24, 2.45) is 0 Å². The summed E-state index contributed by atoms with van der Waals surface area (Å²) in [6.45, 7) is 4.96. The summed E-state index contributed by atoms with van der Waals surface area (Å²) in [4.78, 5) is 50.5. The molecule has 0 saturated carbocycles. The molecule has 10 nitrogen and oxygen atoms in total. The molecule has 2 amide bonds. The van der Waals surface area contributed by atoms with Gasteiger partial charge < -0.3 is 29.6 Å². The number of carbonyl (C=O) groups excluding carboxylic acids is 4. The average Bonchev–Trinajstić information content (AvgIpc) is 2.93. The van der Waals surface area contributed by atoms with Gasteiger partial charge in [-0.1, -0.05) is 95.5 Å². The van der Waals surface area contributed by atoms with Crippen molar-refractivity contribution in [2.75, 3.05) is 13.2 Å². The molecule has 2 aromatic carbocycles. The highest BCUT2D eigenvalue weighted by Crippen LogP contribution is 2.26. The minimum atomic E-state index is -1.79. The molecule has 2 rings (SSSR count). The molecule has 0 radical (unpaired) electrons. The number of esters is 2. The monoisotopic (exact) mass is 672 g/mol. The Morgan fingerprint density at radius 2 is 1.34 bits per heavy atom. The quantitative estimate of drug-likeness (QED) is 0.130. The van der Waals surface area contributed by atoms with Crippen LogP contribution in [-0.4, -0.2) is 58.6 Å². The number of hydrogen-bond donors (Lipinski definition) is 2. The van der Waals surface area contributed by atoms with Crippen molar-refractivity contribution in [3.05, 3.63) is 71.8 Å². The Morgan fingerprint density at radius 3 is 1.91 bits per heavy atom. The van der Waals surface area contributed by atoms with E-state index in [1.54, 1.807) is 20.8 Å². The molecule has 2 N–H and O–H groups in total. The summed E-state index contributed by atoms with van der Waals surface area (Å²) >= 11 is 17.0. The zero-order valence-corrected chi connectivity index (χ0v) is 27.3. The van der Waals surface area contributed by atoms with Crippen LogP contribution in [0, 0.1) is 0 Å². The van der Waals surface area contributed by atoms with Crippen LogP contribution >= 0.6 is 34.8 Å². The summed E-state index contributed by atoms with van der Waals surface area (Å²) in [6, 6.07) is 17.0. The number of carbonyl (C=O) groups is 4. The predicted octanol–water partition coefficient (Wildman–Crippen LogP) is 5.80. The molecule has 44 heavy (non-hydrogen) atoms. The van der Waals surface area contributed by atoms with Gasteiger partial charge in [-0.25, -0.2) is 4.79 Å². The van der Waals surface area contributed by atoms with Gasteiger partial charge in [0.2, 0.25) is 9.70 Å². The number of halogens is 3. The SMILES string of the molecule is CC(C)(C)OC(=O)N[C@@H](CCC(=O)OCc1ccccc1)CC(=O)N[C@@H](COCc1ccccc1)CC(=O)OCC(Cl)(Cl)Cl. The van der Waals surface area contributed by atoms with Crippen LogP contribution in [0.25, 0.3) is 0 Å². The molecule has 0 spiro atoms. The van der Waals surface area contributed by atoms with Crippen LogP contribution in [0.4, 0.5) is 4.79 Å². The van der Waals surface area contributed by atoms with Crippen molar-refractivity contribution < 1.29 is 38.1 Å². The summed E-state index contributed by atoms with van der Waals surface area (Å²) in [5.41, 5.74) is 0.952. The van der Waals surface area contributed by atoms with Crippen LogP contribution < -0.4 is 10.6 Å². The number of rotatable bonds is 16. The molecule has 0 aromatic heterocycles. The van der Waals surface area contributed by atoms with Crippen LogP contribution in [0.1, 0.15) is 57.6 Å². The van der Waals surface area contributed by atoms with Gasteiger partial charge in [-0.3, -0.25) is 14.4 Å². The second kappa shape index (κ2) is 18.7. The Morgan fingerprint density at radius 1 is 0.750 bits per heavy atom. The van der Waals surface area contributed by atoms with Crippen molar-refractivity contribution >= 4 is 58.7 Å². The number of benzene rings is 2. The molecule has 0 bridgehead atoms. The van der Waals surface area contributed by atoms with Gasteiger partial charge in [-0.15, -0.1) is 0 Å². The lowest BCUT2D eigenvalue weighted by Crippen LogP contribution is -2.45. The highest BCUT2D eigenvalue weighted by atomic mass is 35.6. The number of alkyl halides is 3. The normalized spacial score (nSPS) is 12.9. The molecular formula is C31H39Cl3N2O8. The van der Waals surface area contributed by atoms with Crippen molar-refractivity contribution in [1.29, 1.82) is 0 Å². The van der Waals surface area contributed by atoms with Gasteiger partial charge in [-0.2, -0.15) is 0 Å². The van der Waals surface area contributed by atoms with Crippen LogP contribution in [0.2, 0.25) is 0 Å². The highest BCUT2D eigenvalue weighted by Gasteiger charge is 2.26. The van der Waals surface area contributed by atoms with E-state index in [9.17, 15) is 19.2 Å². The third-order valence-electron chi connectivity index (χ3n) is 5.70. The second-order valence-corrected chi connectivity index (χ2v) is 13.5. The van der Waals surface area contributed by atoms with Crippen LogP contribution in [-0.2, 0) is 46.5 Å². The van der Waals surface area contributed by atoms with Gasteiger partial charge >= 0.3 is 18.0 Å². The number of hydrogen-bond acceptors (Lipinski definition) is 8. The Kier molecular flexibility index (Phi) is 15.8. The Bertz CT molecular complexity index is 1190. The van der Waals surface area contributed by atoms with Crippen LogP contribution in [0.3, 0.4) is 0 Å². The summed E-state index contributed by atoms with van der Waals surface area (Å²) in [7, 11) is 0. The van der Waals surface area contributed by atoms with E-state index in [-0.39, 0.29) is 45.5 Å². The minimum absolute atomic E-state index is 0.0283. The number of nitrogens with one attached hydrogen (secondary N) is 2. The largest absolute Gasteiger partial charge is 0.461 e. The maximum atomic E-state index is 13.1. The number of amides is 2. The molecule has 0 unspecified atom stereocenters. The molecule has 13 heteroatoms. The Balaban J connectivity index is 2.02. The Hall–Kier alpha value is -3.05. The van der Waals surface area contributed by atoms with Crippen molar-refractivity contribution in [3.8, 4) is 0 Å². The molecule has 2 aromatic rings. The van der Waals surface area contributed by atoms with E-state index in [0.29, 0.717) is 0 Å². The molecule has 0 saturated heterocycles. The highest BCUT2D eigenvalue weighted by molar-refractivity contribution is 6.67. The smallest absolute Gasteiger partial charge is 0.407 e. The van der Waals surface area contributed by atoms with Gasteiger partial charge in [0.15, 0.2) is 0 Å². The molecule has 0 heterocycles. The van der Waals surface area contributed by atoms with Crippen molar-refractivity contribution in [2.45, 2.75) is 81.1 Å².